The first-order valence-electron chi connectivity index (χ1n) is 8.03. The zero-order valence-corrected chi connectivity index (χ0v) is 14.3. The van der Waals surface area contributed by atoms with Crippen molar-refractivity contribution in [2.24, 2.45) is 17.6 Å². The van der Waals surface area contributed by atoms with Gasteiger partial charge in [0, 0.05) is 25.6 Å². The molecule has 0 spiro atoms. The summed E-state index contributed by atoms with van der Waals surface area (Å²) in [4.78, 5) is 14.3. The molecule has 20 heavy (non-hydrogen) atoms. The Labute approximate surface area is 131 Å². The SMILES string of the molecule is CC(C)C(N)CCN(C)C(=O)C1CCCCCCC1.Cl. The van der Waals surface area contributed by atoms with Crippen molar-refractivity contribution < 1.29 is 4.79 Å². The minimum absolute atomic E-state index is 0. The van der Waals surface area contributed by atoms with Crippen molar-refractivity contribution in [3.63, 3.8) is 0 Å². The normalized spacial score (nSPS) is 18.9. The summed E-state index contributed by atoms with van der Waals surface area (Å²) in [5.74, 6) is 1.10. The van der Waals surface area contributed by atoms with Gasteiger partial charge in [-0.15, -0.1) is 12.4 Å². The molecule has 120 valence electrons. The van der Waals surface area contributed by atoms with Crippen LogP contribution in [0, 0.1) is 11.8 Å². The fourth-order valence-corrected chi connectivity index (χ4v) is 2.80. The van der Waals surface area contributed by atoms with Gasteiger partial charge in [0.1, 0.15) is 0 Å². The number of nitrogens with two attached hydrogens (primary N) is 1. The van der Waals surface area contributed by atoms with Gasteiger partial charge in [-0.05, 0) is 25.2 Å². The predicted molar refractivity (Wildman–Crippen MR) is 88.1 cm³/mol. The first-order valence-corrected chi connectivity index (χ1v) is 8.03. The lowest BCUT2D eigenvalue weighted by Crippen LogP contribution is -2.37. The van der Waals surface area contributed by atoms with Crippen molar-refractivity contribution in [1.82, 2.24) is 4.90 Å². The second-order valence-corrected chi connectivity index (χ2v) is 6.50. The van der Waals surface area contributed by atoms with Crippen LogP contribution in [0.3, 0.4) is 0 Å². The van der Waals surface area contributed by atoms with E-state index in [0.717, 1.165) is 25.8 Å². The van der Waals surface area contributed by atoms with Crippen LogP contribution in [0.15, 0.2) is 0 Å². The van der Waals surface area contributed by atoms with E-state index < -0.39 is 0 Å². The number of halogens is 1. The largest absolute Gasteiger partial charge is 0.345 e. The summed E-state index contributed by atoms with van der Waals surface area (Å²) in [7, 11) is 1.94. The van der Waals surface area contributed by atoms with E-state index in [1.165, 1.54) is 32.1 Å². The number of hydrogen-bond acceptors (Lipinski definition) is 2. The summed E-state index contributed by atoms with van der Waals surface area (Å²) in [5.41, 5.74) is 6.05. The van der Waals surface area contributed by atoms with E-state index in [9.17, 15) is 4.79 Å². The first-order chi connectivity index (χ1) is 9.02. The van der Waals surface area contributed by atoms with Gasteiger partial charge < -0.3 is 10.6 Å². The second kappa shape index (κ2) is 10.4. The number of carbonyl (C=O) groups excluding carboxylic acids is 1. The molecule has 1 saturated carbocycles. The van der Waals surface area contributed by atoms with Crippen molar-refractivity contribution in [2.45, 2.75) is 71.3 Å². The van der Waals surface area contributed by atoms with E-state index in [1.54, 1.807) is 0 Å². The fourth-order valence-electron chi connectivity index (χ4n) is 2.80. The van der Waals surface area contributed by atoms with Crippen molar-refractivity contribution >= 4 is 18.3 Å². The van der Waals surface area contributed by atoms with Crippen molar-refractivity contribution in [3.05, 3.63) is 0 Å². The highest BCUT2D eigenvalue weighted by Crippen LogP contribution is 2.23. The standard InChI is InChI=1S/C16H32N2O.ClH/c1-13(2)15(17)11-12-18(3)16(19)14-9-7-5-4-6-8-10-14;/h13-15H,4-12,17H2,1-3H3;1H. The molecule has 0 aromatic rings. The molecule has 0 aromatic carbocycles. The molecule has 0 aliphatic heterocycles. The van der Waals surface area contributed by atoms with Crippen LogP contribution >= 0.6 is 12.4 Å². The molecule has 3 nitrogen and oxygen atoms in total. The average Bonchev–Trinajstić information content (AvgIpc) is 2.34. The van der Waals surface area contributed by atoms with Gasteiger partial charge in [0.2, 0.25) is 5.91 Å². The van der Waals surface area contributed by atoms with Gasteiger partial charge in [-0.1, -0.05) is 46.0 Å². The Balaban J connectivity index is 0.00000361. The molecule has 0 radical (unpaired) electrons. The minimum Gasteiger partial charge on any atom is -0.345 e. The van der Waals surface area contributed by atoms with Gasteiger partial charge >= 0.3 is 0 Å². The lowest BCUT2D eigenvalue weighted by Gasteiger charge is -2.26. The molecule has 0 heterocycles. The van der Waals surface area contributed by atoms with Gasteiger partial charge in [-0.3, -0.25) is 4.79 Å². The van der Waals surface area contributed by atoms with Crippen molar-refractivity contribution in [3.8, 4) is 0 Å². The molecule has 4 heteroatoms. The molecule has 1 amide bonds. The Bertz CT molecular complexity index is 263. The zero-order valence-electron chi connectivity index (χ0n) is 13.4. The van der Waals surface area contributed by atoms with Crippen molar-refractivity contribution in [2.75, 3.05) is 13.6 Å². The third kappa shape index (κ3) is 6.94. The maximum atomic E-state index is 12.4. The summed E-state index contributed by atoms with van der Waals surface area (Å²) in [6.07, 6.45) is 9.45. The summed E-state index contributed by atoms with van der Waals surface area (Å²) < 4.78 is 0. The van der Waals surface area contributed by atoms with Gasteiger partial charge in [-0.2, -0.15) is 0 Å². The molecule has 1 fully saturated rings. The number of nitrogens with zero attached hydrogens (tertiary/aromatic N) is 1. The highest BCUT2D eigenvalue weighted by Gasteiger charge is 2.22. The molecular weight excluding hydrogens is 272 g/mol. The second-order valence-electron chi connectivity index (χ2n) is 6.50. The van der Waals surface area contributed by atoms with E-state index in [-0.39, 0.29) is 24.4 Å². The van der Waals surface area contributed by atoms with Crippen LogP contribution in [-0.4, -0.2) is 30.4 Å². The third-order valence-electron chi connectivity index (χ3n) is 4.48. The quantitative estimate of drug-likeness (QED) is 0.843. The zero-order chi connectivity index (χ0) is 14.3. The highest BCUT2D eigenvalue weighted by molar-refractivity contribution is 5.85. The lowest BCUT2D eigenvalue weighted by molar-refractivity contribution is -0.135. The van der Waals surface area contributed by atoms with E-state index in [0.29, 0.717) is 11.8 Å². The topological polar surface area (TPSA) is 46.3 Å². The number of amides is 1. The maximum absolute atomic E-state index is 12.4. The first kappa shape index (κ1) is 19.7. The summed E-state index contributed by atoms with van der Waals surface area (Å²) in [6.45, 7) is 5.08. The van der Waals surface area contributed by atoms with Crippen LogP contribution in [0.2, 0.25) is 0 Å². The Morgan fingerprint density at radius 3 is 2.15 bits per heavy atom. The number of rotatable bonds is 5. The molecular formula is C16H33ClN2O. The predicted octanol–water partition coefficient (Wildman–Crippen LogP) is 3.60. The molecule has 0 saturated heterocycles. The molecule has 1 aliphatic rings. The Hall–Kier alpha value is -0.280. The Kier molecular flexibility index (Phi) is 10.3. The lowest BCUT2D eigenvalue weighted by atomic mass is 9.90. The number of hydrogen-bond donors (Lipinski definition) is 1. The molecule has 1 aliphatic carbocycles. The van der Waals surface area contributed by atoms with E-state index >= 15 is 0 Å². The van der Waals surface area contributed by atoms with Gasteiger partial charge in [-0.25, -0.2) is 0 Å². The molecule has 1 atom stereocenters. The Morgan fingerprint density at radius 1 is 1.15 bits per heavy atom. The van der Waals surface area contributed by atoms with Crippen LogP contribution < -0.4 is 5.73 Å². The van der Waals surface area contributed by atoms with Crippen LogP contribution in [0.5, 0.6) is 0 Å². The molecule has 1 unspecified atom stereocenters. The molecule has 1 rings (SSSR count). The molecule has 0 aromatic heterocycles. The fraction of sp³-hybridized carbons (Fsp3) is 0.938. The smallest absolute Gasteiger partial charge is 0.225 e. The van der Waals surface area contributed by atoms with Crippen LogP contribution in [0.25, 0.3) is 0 Å². The average molecular weight is 305 g/mol. The van der Waals surface area contributed by atoms with Crippen LogP contribution in [-0.2, 0) is 4.79 Å². The van der Waals surface area contributed by atoms with Gasteiger partial charge in [0.15, 0.2) is 0 Å². The van der Waals surface area contributed by atoms with E-state index in [1.807, 2.05) is 11.9 Å². The van der Waals surface area contributed by atoms with Crippen LogP contribution in [0.4, 0.5) is 0 Å². The highest BCUT2D eigenvalue weighted by atomic mass is 35.5. The summed E-state index contributed by atoms with van der Waals surface area (Å²) in [6, 6.07) is 0.201. The van der Waals surface area contributed by atoms with Crippen molar-refractivity contribution in [1.29, 1.82) is 0 Å². The summed E-state index contributed by atoms with van der Waals surface area (Å²) >= 11 is 0. The van der Waals surface area contributed by atoms with Gasteiger partial charge in [0.05, 0.1) is 0 Å². The molecule has 2 N–H and O–H groups in total. The minimum atomic E-state index is 0. The monoisotopic (exact) mass is 304 g/mol. The summed E-state index contributed by atoms with van der Waals surface area (Å²) in [5, 5.41) is 0. The third-order valence-corrected chi connectivity index (χ3v) is 4.48. The maximum Gasteiger partial charge on any atom is 0.225 e. The van der Waals surface area contributed by atoms with E-state index in [4.69, 9.17) is 5.73 Å². The molecule has 0 bridgehead atoms. The van der Waals surface area contributed by atoms with Crippen LogP contribution in [0.1, 0.15) is 65.2 Å². The number of carbonyl (C=O) groups is 1. The Morgan fingerprint density at radius 2 is 1.65 bits per heavy atom. The van der Waals surface area contributed by atoms with Gasteiger partial charge in [0.25, 0.3) is 0 Å². The van der Waals surface area contributed by atoms with E-state index in [2.05, 4.69) is 13.8 Å².